The van der Waals surface area contributed by atoms with Crippen LogP contribution in [0.15, 0.2) is 24.5 Å². The Morgan fingerprint density at radius 2 is 2.00 bits per heavy atom. The minimum absolute atomic E-state index is 0.745. The van der Waals surface area contributed by atoms with Crippen LogP contribution >= 0.6 is 0 Å². The monoisotopic (exact) mass is 258 g/mol. The van der Waals surface area contributed by atoms with E-state index in [9.17, 15) is 4.79 Å². The van der Waals surface area contributed by atoms with Crippen LogP contribution in [0.3, 0.4) is 0 Å². The fourth-order valence-corrected chi connectivity index (χ4v) is 2.48. The van der Waals surface area contributed by atoms with Crippen LogP contribution in [-0.2, 0) is 6.54 Å². The predicted octanol–water partition coefficient (Wildman–Crippen LogP) is 4.21. The van der Waals surface area contributed by atoms with Crippen LogP contribution < -0.4 is 0 Å². The van der Waals surface area contributed by atoms with Crippen LogP contribution in [-0.4, -0.2) is 15.8 Å². The van der Waals surface area contributed by atoms with Gasteiger partial charge in [0.1, 0.15) is 5.65 Å². The number of aryl methyl sites for hydroxylation is 1. The van der Waals surface area contributed by atoms with E-state index in [0.717, 1.165) is 35.8 Å². The molecule has 0 bridgehead atoms. The molecule has 0 saturated carbocycles. The Labute approximate surface area is 114 Å². The molecule has 2 rings (SSSR count). The standard InChI is InChI=1S/C16H22N2O/c1-2-3-4-5-6-7-11-18-12-14(13-19)15-9-8-10-17-16(15)18/h8-10,12-13H,2-7,11H2,1H3. The van der Waals surface area contributed by atoms with Gasteiger partial charge in [-0.15, -0.1) is 0 Å². The Bertz CT molecular complexity index is 531. The molecule has 0 fully saturated rings. The van der Waals surface area contributed by atoms with Gasteiger partial charge in [0.2, 0.25) is 0 Å². The average molecular weight is 258 g/mol. The van der Waals surface area contributed by atoms with Gasteiger partial charge in [0.05, 0.1) is 0 Å². The summed E-state index contributed by atoms with van der Waals surface area (Å²) < 4.78 is 2.11. The second-order valence-corrected chi connectivity index (χ2v) is 5.04. The van der Waals surface area contributed by atoms with Gasteiger partial charge in [0, 0.05) is 29.9 Å². The first-order valence-corrected chi connectivity index (χ1v) is 7.26. The summed E-state index contributed by atoms with van der Waals surface area (Å²) in [6.45, 7) is 3.19. The molecule has 0 aliphatic heterocycles. The Hall–Kier alpha value is -1.64. The topological polar surface area (TPSA) is 34.9 Å². The smallest absolute Gasteiger partial charge is 0.152 e. The van der Waals surface area contributed by atoms with Crippen molar-refractivity contribution in [1.82, 2.24) is 9.55 Å². The first kappa shape index (κ1) is 13.8. The molecule has 2 heterocycles. The normalized spacial score (nSPS) is 11.0. The van der Waals surface area contributed by atoms with Gasteiger partial charge in [-0.1, -0.05) is 39.0 Å². The van der Waals surface area contributed by atoms with E-state index in [1.54, 1.807) is 6.20 Å². The number of pyridine rings is 1. The van der Waals surface area contributed by atoms with Crippen molar-refractivity contribution in [3.63, 3.8) is 0 Å². The maximum atomic E-state index is 11.0. The lowest BCUT2D eigenvalue weighted by Gasteiger charge is -2.04. The summed E-state index contributed by atoms with van der Waals surface area (Å²) in [5, 5.41) is 0.962. The number of carbonyl (C=O) groups excluding carboxylic acids is 1. The average Bonchev–Trinajstić information content (AvgIpc) is 2.81. The molecule has 0 radical (unpaired) electrons. The number of carbonyl (C=O) groups is 1. The summed E-state index contributed by atoms with van der Waals surface area (Å²) >= 11 is 0. The van der Waals surface area contributed by atoms with Gasteiger partial charge in [-0.05, 0) is 18.6 Å². The quantitative estimate of drug-likeness (QED) is 0.525. The van der Waals surface area contributed by atoms with E-state index < -0.39 is 0 Å². The van der Waals surface area contributed by atoms with Crippen molar-refractivity contribution in [3.05, 3.63) is 30.1 Å². The molecule has 0 amide bonds. The Morgan fingerprint density at radius 1 is 1.21 bits per heavy atom. The fraction of sp³-hybridized carbons (Fsp3) is 0.500. The molecule has 0 aromatic carbocycles. The third kappa shape index (κ3) is 3.43. The van der Waals surface area contributed by atoms with Crippen molar-refractivity contribution >= 4 is 17.3 Å². The highest BCUT2D eigenvalue weighted by atomic mass is 16.1. The van der Waals surface area contributed by atoms with Crippen molar-refractivity contribution in [2.45, 2.75) is 52.0 Å². The van der Waals surface area contributed by atoms with Gasteiger partial charge in [-0.2, -0.15) is 0 Å². The third-order valence-electron chi connectivity index (χ3n) is 3.54. The summed E-state index contributed by atoms with van der Waals surface area (Å²) in [6, 6.07) is 3.84. The first-order chi connectivity index (χ1) is 9.36. The zero-order chi connectivity index (χ0) is 13.5. The largest absolute Gasteiger partial charge is 0.332 e. The van der Waals surface area contributed by atoms with Crippen LogP contribution in [0, 0.1) is 0 Å². The van der Waals surface area contributed by atoms with Crippen LogP contribution in [0.4, 0.5) is 0 Å². The second-order valence-electron chi connectivity index (χ2n) is 5.04. The molecule has 0 unspecified atom stereocenters. The zero-order valence-electron chi connectivity index (χ0n) is 11.6. The molecule has 0 saturated heterocycles. The summed E-state index contributed by atoms with van der Waals surface area (Å²) in [7, 11) is 0. The molecule has 0 aliphatic rings. The van der Waals surface area contributed by atoms with Crippen LogP contribution in [0.5, 0.6) is 0 Å². The van der Waals surface area contributed by atoms with E-state index in [0.29, 0.717) is 0 Å². The van der Waals surface area contributed by atoms with Gasteiger partial charge < -0.3 is 4.57 Å². The number of unbranched alkanes of at least 4 members (excludes halogenated alkanes) is 5. The zero-order valence-corrected chi connectivity index (χ0v) is 11.6. The van der Waals surface area contributed by atoms with E-state index in [4.69, 9.17) is 0 Å². The number of hydrogen-bond donors (Lipinski definition) is 0. The van der Waals surface area contributed by atoms with Crippen molar-refractivity contribution in [1.29, 1.82) is 0 Å². The number of hydrogen-bond acceptors (Lipinski definition) is 2. The number of aromatic nitrogens is 2. The van der Waals surface area contributed by atoms with E-state index in [2.05, 4.69) is 16.5 Å². The molecule has 0 spiro atoms. The predicted molar refractivity (Wildman–Crippen MR) is 78.5 cm³/mol. The van der Waals surface area contributed by atoms with Crippen LogP contribution in [0.2, 0.25) is 0 Å². The van der Waals surface area contributed by atoms with Crippen molar-refractivity contribution in [2.24, 2.45) is 0 Å². The molecule has 3 heteroatoms. The highest BCUT2D eigenvalue weighted by Crippen LogP contribution is 2.18. The Kier molecular flexibility index (Phi) is 5.13. The Morgan fingerprint density at radius 3 is 2.79 bits per heavy atom. The summed E-state index contributed by atoms with van der Waals surface area (Å²) in [6.07, 6.45) is 12.3. The highest BCUT2D eigenvalue weighted by Gasteiger charge is 2.07. The van der Waals surface area contributed by atoms with Crippen molar-refractivity contribution in [2.75, 3.05) is 0 Å². The third-order valence-corrected chi connectivity index (χ3v) is 3.54. The molecular weight excluding hydrogens is 236 g/mol. The van der Waals surface area contributed by atoms with Gasteiger partial charge >= 0.3 is 0 Å². The van der Waals surface area contributed by atoms with E-state index in [-0.39, 0.29) is 0 Å². The second kappa shape index (κ2) is 7.07. The SMILES string of the molecule is CCCCCCCCn1cc(C=O)c2cccnc21. The molecule has 102 valence electrons. The Balaban J connectivity index is 1.95. The number of nitrogens with zero attached hydrogens (tertiary/aromatic N) is 2. The van der Waals surface area contributed by atoms with Gasteiger partial charge in [-0.3, -0.25) is 4.79 Å². The maximum Gasteiger partial charge on any atom is 0.152 e. The maximum absolute atomic E-state index is 11.0. The summed E-state index contributed by atoms with van der Waals surface area (Å²) in [5.41, 5.74) is 1.67. The van der Waals surface area contributed by atoms with Crippen molar-refractivity contribution in [3.8, 4) is 0 Å². The minimum atomic E-state index is 0.745. The van der Waals surface area contributed by atoms with Crippen LogP contribution in [0.1, 0.15) is 55.8 Å². The fourth-order valence-electron chi connectivity index (χ4n) is 2.48. The first-order valence-electron chi connectivity index (χ1n) is 7.26. The molecule has 2 aromatic rings. The summed E-state index contributed by atoms with van der Waals surface area (Å²) in [5.74, 6) is 0. The molecule has 0 N–H and O–H groups in total. The number of aldehydes is 1. The molecule has 19 heavy (non-hydrogen) atoms. The lowest BCUT2D eigenvalue weighted by atomic mass is 10.1. The molecule has 2 aromatic heterocycles. The van der Waals surface area contributed by atoms with E-state index in [1.165, 1.54) is 32.1 Å². The van der Waals surface area contributed by atoms with Gasteiger partial charge in [0.25, 0.3) is 0 Å². The van der Waals surface area contributed by atoms with Gasteiger partial charge in [-0.25, -0.2) is 4.98 Å². The molecule has 3 nitrogen and oxygen atoms in total. The number of fused-ring (bicyclic) bond motifs is 1. The van der Waals surface area contributed by atoms with E-state index >= 15 is 0 Å². The van der Waals surface area contributed by atoms with Crippen molar-refractivity contribution < 1.29 is 4.79 Å². The molecule has 0 aliphatic carbocycles. The lowest BCUT2D eigenvalue weighted by molar-refractivity contribution is 0.112. The van der Waals surface area contributed by atoms with Crippen LogP contribution in [0.25, 0.3) is 11.0 Å². The van der Waals surface area contributed by atoms with Gasteiger partial charge in [0.15, 0.2) is 6.29 Å². The number of rotatable bonds is 8. The molecular formula is C16H22N2O. The van der Waals surface area contributed by atoms with E-state index in [1.807, 2.05) is 18.3 Å². The highest BCUT2D eigenvalue weighted by molar-refractivity contribution is 5.95. The lowest BCUT2D eigenvalue weighted by Crippen LogP contribution is -1.97. The molecule has 0 atom stereocenters. The summed E-state index contributed by atoms with van der Waals surface area (Å²) in [4.78, 5) is 15.4. The minimum Gasteiger partial charge on any atom is -0.332 e.